The van der Waals surface area contributed by atoms with E-state index in [0.717, 1.165) is 6.07 Å². The van der Waals surface area contributed by atoms with Gasteiger partial charge in [0.1, 0.15) is 22.3 Å². The second kappa shape index (κ2) is 8.28. The van der Waals surface area contributed by atoms with Crippen LogP contribution in [0.15, 0.2) is 41.4 Å². The minimum absolute atomic E-state index is 0.155. The number of likely N-dealkylation sites (N-methyl/N-ethyl adjacent to an activating group) is 1. The first-order valence-electron chi connectivity index (χ1n) is 8.69. The predicted octanol–water partition coefficient (Wildman–Crippen LogP) is 1.95. The van der Waals surface area contributed by atoms with Gasteiger partial charge in [-0.1, -0.05) is 6.07 Å². The van der Waals surface area contributed by atoms with Crippen LogP contribution in [0.2, 0.25) is 0 Å². The van der Waals surface area contributed by atoms with Crippen molar-refractivity contribution < 1.29 is 17.2 Å². The number of rotatable bonds is 6. The summed E-state index contributed by atoms with van der Waals surface area (Å²) in [6, 6.07) is 6.58. The highest BCUT2D eigenvalue weighted by Gasteiger charge is 2.27. The molecule has 0 amide bonds. The van der Waals surface area contributed by atoms with Gasteiger partial charge in [0.2, 0.25) is 10.0 Å². The molecule has 1 aliphatic rings. The molecule has 9 heteroatoms. The predicted molar refractivity (Wildman–Crippen MR) is 99.0 cm³/mol. The summed E-state index contributed by atoms with van der Waals surface area (Å²) in [6.07, 6.45) is 1.68. The lowest BCUT2D eigenvalue weighted by Crippen LogP contribution is -2.47. The zero-order chi connectivity index (χ0) is 19.4. The van der Waals surface area contributed by atoms with Crippen LogP contribution >= 0.6 is 0 Å². The number of halogens is 2. The van der Waals surface area contributed by atoms with E-state index in [9.17, 15) is 17.2 Å². The molecule has 27 heavy (non-hydrogen) atoms. The maximum Gasteiger partial charge on any atom is 0.244 e. The molecule has 3 rings (SSSR count). The fourth-order valence-corrected chi connectivity index (χ4v) is 4.23. The summed E-state index contributed by atoms with van der Waals surface area (Å²) >= 11 is 0. The van der Waals surface area contributed by atoms with E-state index >= 15 is 0 Å². The summed E-state index contributed by atoms with van der Waals surface area (Å²) in [7, 11) is -1.58. The Morgan fingerprint density at radius 2 is 1.85 bits per heavy atom. The van der Waals surface area contributed by atoms with Crippen LogP contribution in [-0.4, -0.2) is 62.4 Å². The van der Waals surface area contributed by atoms with E-state index in [-0.39, 0.29) is 4.90 Å². The van der Waals surface area contributed by atoms with E-state index in [2.05, 4.69) is 15.2 Å². The maximum atomic E-state index is 13.6. The van der Waals surface area contributed by atoms with E-state index in [1.807, 2.05) is 7.05 Å². The topological polar surface area (TPSA) is 65.5 Å². The largest absolute Gasteiger partial charge is 0.370 e. The lowest BCUT2D eigenvalue weighted by Gasteiger charge is -2.31. The van der Waals surface area contributed by atoms with Crippen molar-refractivity contribution in [1.82, 2.24) is 14.2 Å². The smallest absolute Gasteiger partial charge is 0.244 e. The number of nitrogens with zero attached hydrogens (tertiary/aromatic N) is 3. The minimum atomic E-state index is -3.54. The first kappa shape index (κ1) is 19.7. The third-order valence-corrected chi connectivity index (χ3v) is 6.43. The van der Waals surface area contributed by atoms with Gasteiger partial charge in [-0.15, -0.1) is 0 Å². The Kier molecular flexibility index (Phi) is 6.03. The Morgan fingerprint density at radius 3 is 2.48 bits per heavy atom. The number of hydrogen-bond donors (Lipinski definition) is 1. The van der Waals surface area contributed by atoms with Crippen molar-refractivity contribution >= 4 is 15.8 Å². The summed E-state index contributed by atoms with van der Waals surface area (Å²) < 4.78 is 53.3. The zero-order valence-electron chi connectivity index (χ0n) is 15.0. The normalized spacial score (nSPS) is 16.4. The number of pyridine rings is 1. The highest BCUT2D eigenvalue weighted by atomic mass is 32.2. The van der Waals surface area contributed by atoms with Crippen LogP contribution in [0, 0.1) is 11.6 Å². The molecule has 0 radical (unpaired) electrons. The number of sulfonamides is 1. The van der Waals surface area contributed by atoms with Crippen LogP contribution in [-0.2, 0) is 16.4 Å². The summed E-state index contributed by atoms with van der Waals surface area (Å²) in [5.41, 5.74) is 0.401. The zero-order valence-corrected chi connectivity index (χ0v) is 15.8. The Labute approximate surface area is 157 Å². The Bertz CT molecular complexity index is 883. The van der Waals surface area contributed by atoms with Crippen LogP contribution in [0.1, 0.15) is 5.56 Å². The van der Waals surface area contributed by atoms with E-state index in [4.69, 9.17) is 0 Å². The first-order valence-corrected chi connectivity index (χ1v) is 10.1. The van der Waals surface area contributed by atoms with Gasteiger partial charge in [0.15, 0.2) is 0 Å². The van der Waals surface area contributed by atoms with Crippen molar-refractivity contribution in [1.29, 1.82) is 0 Å². The second-order valence-corrected chi connectivity index (χ2v) is 8.44. The Hall–Kier alpha value is -2.10. The molecule has 0 unspecified atom stereocenters. The highest BCUT2D eigenvalue weighted by molar-refractivity contribution is 7.89. The molecular formula is C18H22F2N4O2S. The number of benzene rings is 1. The minimum Gasteiger partial charge on any atom is -0.370 e. The van der Waals surface area contributed by atoms with Gasteiger partial charge in [-0.2, -0.15) is 4.31 Å². The number of piperazine rings is 1. The average Bonchev–Trinajstić information content (AvgIpc) is 2.64. The van der Waals surface area contributed by atoms with Gasteiger partial charge in [0.05, 0.1) is 0 Å². The molecule has 1 aliphatic heterocycles. The third kappa shape index (κ3) is 4.79. The van der Waals surface area contributed by atoms with E-state index in [1.54, 1.807) is 6.07 Å². The van der Waals surface area contributed by atoms with Crippen molar-refractivity contribution in [2.45, 2.75) is 11.3 Å². The van der Waals surface area contributed by atoms with Crippen LogP contribution < -0.4 is 5.32 Å². The SMILES string of the molecule is CN1CCN(S(=O)(=O)c2ccc(NCCc3ccc(F)cc3F)nc2)CC1. The van der Waals surface area contributed by atoms with Gasteiger partial charge >= 0.3 is 0 Å². The molecule has 0 bridgehead atoms. The van der Waals surface area contributed by atoms with Gasteiger partial charge in [0, 0.05) is 45.0 Å². The van der Waals surface area contributed by atoms with Crippen LogP contribution in [0.3, 0.4) is 0 Å². The molecule has 6 nitrogen and oxygen atoms in total. The fourth-order valence-electron chi connectivity index (χ4n) is 2.86. The van der Waals surface area contributed by atoms with Gasteiger partial charge in [-0.3, -0.25) is 0 Å². The number of aromatic nitrogens is 1. The Balaban J connectivity index is 1.58. The molecule has 1 aromatic heterocycles. The van der Waals surface area contributed by atoms with E-state index in [1.165, 1.54) is 28.7 Å². The van der Waals surface area contributed by atoms with Gasteiger partial charge in [-0.05, 0) is 37.2 Å². The molecule has 1 fully saturated rings. The van der Waals surface area contributed by atoms with E-state index < -0.39 is 21.7 Å². The monoisotopic (exact) mass is 396 g/mol. The quantitative estimate of drug-likeness (QED) is 0.809. The van der Waals surface area contributed by atoms with Crippen LogP contribution in [0.4, 0.5) is 14.6 Å². The number of nitrogens with one attached hydrogen (secondary N) is 1. The highest BCUT2D eigenvalue weighted by Crippen LogP contribution is 2.18. The molecule has 0 saturated carbocycles. The van der Waals surface area contributed by atoms with Crippen molar-refractivity contribution in [2.75, 3.05) is 45.1 Å². The molecular weight excluding hydrogens is 374 g/mol. The second-order valence-electron chi connectivity index (χ2n) is 6.50. The fraction of sp³-hybridized carbons (Fsp3) is 0.389. The van der Waals surface area contributed by atoms with Gasteiger partial charge < -0.3 is 10.2 Å². The molecule has 1 N–H and O–H groups in total. The Morgan fingerprint density at radius 1 is 1.11 bits per heavy atom. The molecule has 146 valence electrons. The van der Waals surface area contributed by atoms with Crippen LogP contribution in [0.25, 0.3) is 0 Å². The van der Waals surface area contributed by atoms with Gasteiger partial charge in [0.25, 0.3) is 0 Å². The molecule has 2 aromatic rings. The van der Waals surface area contributed by atoms with Crippen LogP contribution in [0.5, 0.6) is 0 Å². The standard InChI is InChI=1S/C18H22F2N4O2S/c1-23-8-10-24(11-9-23)27(25,26)16-4-5-18(22-13-16)21-7-6-14-2-3-15(19)12-17(14)20/h2-5,12-13H,6-11H2,1H3,(H,21,22). The first-order chi connectivity index (χ1) is 12.9. The lowest BCUT2D eigenvalue weighted by molar-refractivity contribution is 0.222. The van der Waals surface area contributed by atoms with Crippen molar-refractivity contribution in [2.24, 2.45) is 0 Å². The number of anilines is 1. The summed E-state index contributed by atoms with van der Waals surface area (Å²) in [6.45, 7) is 2.71. The average molecular weight is 396 g/mol. The summed E-state index contributed by atoms with van der Waals surface area (Å²) in [4.78, 5) is 6.38. The number of hydrogen-bond acceptors (Lipinski definition) is 5. The maximum absolute atomic E-state index is 13.6. The molecule has 0 spiro atoms. The molecule has 1 saturated heterocycles. The molecule has 0 aliphatic carbocycles. The molecule has 0 atom stereocenters. The van der Waals surface area contributed by atoms with E-state index in [0.29, 0.717) is 50.5 Å². The lowest BCUT2D eigenvalue weighted by atomic mass is 10.1. The van der Waals surface area contributed by atoms with Crippen molar-refractivity contribution in [3.8, 4) is 0 Å². The third-order valence-electron chi connectivity index (χ3n) is 4.55. The van der Waals surface area contributed by atoms with Crippen molar-refractivity contribution in [3.05, 3.63) is 53.7 Å². The summed E-state index contributed by atoms with van der Waals surface area (Å²) in [5.74, 6) is -0.698. The van der Waals surface area contributed by atoms with Crippen molar-refractivity contribution in [3.63, 3.8) is 0 Å². The molecule has 2 heterocycles. The van der Waals surface area contributed by atoms with Gasteiger partial charge in [-0.25, -0.2) is 22.2 Å². The summed E-state index contributed by atoms with van der Waals surface area (Å²) in [5, 5.41) is 3.01. The molecule has 1 aromatic carbocycles.